The molecule has 0 unspecified atom stereocenters. The molecular weight excluding hydrogens is 234 g/mol. The third-order valence-corrected chi connectivity index (χ3v) is 2.83. The zero-order valence-corrected chi connectivity index (χ0v) is 11.1. The highest BCUT2D eigenvalue weighted by Gasteiger charge is 2.15. The Labute approximate surface area is 108 Å². The fourth-order valence-electron chi connectivity index (χ4n) is 1.44. The molecule has 1 aromatic rings. The van der Waals surface area contributed by atoms with Gasteiger partial charge in [0.15, 0.2) is 0 Å². The number of rotatable bonds is 6. The van der Waals surface area contributed by atoms with E-state index in [0.29, 0.717) is 13.2 Å². The second kappa shape index (κ2) is 6.64. The summed E-state index contributed by atoms with van der Waals surface area (Å²) in [6.07, 6.45) is 1.78. The Morgan fingerprint density at radius 1 is 1.29 bits per heavy atom. The molecule has 0 fully saturated rings. The summed E-state index contributed by atoms with van der Waals surface area (Å²) in [4.78, 5) is 0. The Morgan fingerprint density at radius 2 is 1.94 bits per heavy atom. The van der Waals surface area contributed by atoms with Gasteiger partial charge in [0.2, 0.25) is 0 Å². The first kappa shape index (κ1) is 14.0. The number of nitriles is 1. The summed E-state index contributed by atoms with van der Waals surface area (Å²) in [5.74, 6) is 0. The van der Waals surface area contributed by atoms with Crippen LogP contribution in [0.5, 0.6) is 0 Å². The van der Waals surface area contributed by atoms with E-state index in [9.17, 15) is 0 Å². The lowest BCUT2D eigenvalue weighted by Gasteiger charge is -2.14. The van der Waals surface area contributed by atoms with Crippen LogP contribution in [-0.2, 0) is 11.3 Å². The van der Waals surface area contributed by atoms with Crippen molar-refractivity contribution in [2.75, 3.05) is 6.61 Å². The standard InChI is InChI=1S/C14H18ClNO/c1-14(2,11-16)8-3-9-17-10-12-4-6-13(15)7-5-12/h4-7H,3,8-10H2,1-2H3. The molecule has 0 aliphatic heterocycles. The van der Waals surface area contributed by atoms with E-state index < -0.39 is 0 Å². The molecule has 0 heterocycles. The molecule has 3 heteroatoms. The number of nitrogens with zero attached hydrogens (tertiary/aromatic N) is 1. The molecule has 2 nitrogen and oxygen atoms in total. The van der Waals surface area contributed by atoms with Crippen molar-refractivity contribution in [3.8, 4) is 6.07 Å². The number of benzene rings is 1. The molecule has 1 rings (SSSR count). The van der Waals surface area contributed by atoms with E-state index in [4.69, 9.17) is 21.6 Å². The predicted molar refractivity (Wildman–Crippen MR) is 69.7 cm³/mol. The van der Waals surface area contributed by atoms with Gasteiger partial charge in [0.05, 0.1) is 18.1 Å². The first-order valence-corrected chi connectivity index (χ1v) is 6.15. The molecule has 0 aliphatic rings. The third kappa shape index (κ3) is 5.72. The third-order valence-electron chi connectivity index (χ3n) is 2.58. The van der Waals surface area contributed by atoms with Crippen LogP contribution in [0.25, 0.3) is 0 Å². The summed E-state index contributed by atoms with van der Waals surface area (Å²) in [5.41, 5.74) is 0.873. The van der Waals surface area contributed by atoms with Crippen LogP contribution in [-0.4, -0.2) is 6.61 Å². The van der Waals surface area contributed by atoms with Crippen LogP contribution < -0.4 is 0 Å². The molecule has 0 saturated carbocycles. The molecule has 0 aromatic heterocycles. The minimum atomic E-state index is -0.246. The summed E-state index contributed by atoms with van der Waals surface area (Å²) in [7, 11) is 0. The smallest absolute Gasteiger partial charge is 0.0716 e. The van der Waals surface area contributed by atoms with E-state index in [1.807, 2.05) is 38.1 Å². The number of ether oxygens (including phenoxy) is 1. The van der Waals surface area contributed by atoms with Crippen molar-refractivity contribution in [1.82, 2.24) is 0 Å². The summed E-state index contributed by atoms with van der Waals surface area (Å²) in [6, 6.07) is 9.93. The highest BCUT2D eigenvalue weighted by Crippen LogP contribution is 2.20. The van der Waals surface area contributed by atoms with Crippen LogP contribution in [0.4, 0.5) is 0 Å². The van der Waals surface area contributed by atoms with Crippen molar-refractivity contribution in [2.45, 2.75) is 33.3 Å². The second-order valence-corrected chi connectivity index (χ2v) is 5.21. The van der Waals surface area contributed by atoms with Crippen LogP contribution in [0, 0.1) is 16.7 Å². The van der Waals surface area contributed by atoms with Gasteiger partial charge in [0.1, 0.15) is 0 Å². The van der Waals surface area contributed by atoms with Gasteiger partial charge in [-0.25, -0.2) is 0 Å². The largest absolute Gasteiger partial charge is 0.377 e. The van der Waals surface area contributed by atoms with Crippen LogP contribution >= 0.6 is 11.6 Å². The molecule has 0 N–H and O–H groups in total. The van der Waals surface area contributed by atoms with Gasteiger partial charge in [-0.3, -0.25) is 0 Å². The topological polar surface area (TPSA) is 33.0 Å². The maximum atomic E-state index is 8.85. The van der Waals surface area contributed by atoms with Gasteiger partial charge in [0.25, 0.3) is 0 Å². The minimum Gasteiger partial charge on any atom is -0.377 e. The Kier molecular flexibility index (Phi) is 5.47. The molecule has 0 spiro atoms. The lowest BCUT2D eigenvalue weighted by atomic mass is 9.90. The fraction of sp³-hybridized carbons (Fsp3) is 0.500. The number of hydrogen-bond donors (Lipinski definition) is 0. The van der Waals surface area contributed by atoms with Gasteiger partial charge in [-0.05, 0) is 44.4 Å². The lowest BCUT2D eigenvalue weighted by molar-refractivity contribution is 0.112. The molecule has 17 heavy (non-hydrogen) atoms. The summed E-state index contributed by atoms with van der Waals surface area (Å²) >= 11 is 5.79. The van der Waals surface area contributed by atoms with Crippen molar-refractivity contribution in [3.05, 3.63) is 34.9 Å². The lowest BCUT2D eigenvalue weighted by Crippen LogP contribution is -2.09. The van der Waals surface area contributed by atoms with Crippen LogP contribution in [0.15, 0.2) is 24.3 Å². The number of halogens is 1. The zero-order chi connectivity index (χ0) is 12.7. The first-order valence-electron chi connectivity index (χ1n) is 5.77. The Hall–Kier alpha value is -1.04. The van der Waals surface area contributed by atoms with Gasteiger partial charge in [-0.2, -0.15) is 5.26 Å². The van der Waals surface area contributed by atoms with E-state index in [0.717, 1.165) is 23.4 Å². The van der Waals surface area contributed by atoms with Crippen molar-refractivity contribution in [1.29, 1.82) is 5.26 Å². The highest BCUT2D eigenvalue weighted by molar-refractivity contribution is 6.30. The molecular formula is C14H18ClNO. The zero-order valence-electron chi connectivity index (χ0n) is 10.4. The van der Waals surface area contributed by atoms with Gasteiger partial charge in [-0.15, -0.1) is 0 Å². The Morgan fingerprint density at radius 3 is 2.53 bits per heavy atom. The molecule has 0 bridgehead atoms. The van der Waals surface area contributed by atoms with Crippen LogP contribution in [0.2, 0.25) is 5.02 Å². The molecule has 0 aliphatic carbocycles. The highest BCUT2D eigenvalue weighted by atomic mass is 35.5. The normalized spacial score (nSPS) is 11.2. The average molecular weight is 252 g/mol. The van der Waals surface area contributed by atoms with Gasteiger partial charge < -0.3 is 4.74 Å². The van der Waals surface area contributed by atoms with Crippen molar-refractivity contribution in [2.24, 2.45) is 5.41 Å². The minimum absolute atomic E-state index is 0.246. The summed E-state index contributed by atoms with van der Waals surface area (Å²) < 4.78 is 5.55. The summed E-state index contributed by atoms with van der Waals surface area (Å²) in [5, 5.41) is 9.59. The Bertz CT molecular complexity index is 378. The van der Waals surface area contributed by atoms with E-state index in [2.05, 4.69) is 6.07 Å². The maximum Gasteiger partial charge on any atom is 0.0716 e. The van der Waals surface area contributed by atoms with E-state index in [1.165, 1.54) is 0 Å². The van der Waals surface area contributed by atoms with Crippen molar-refractivity contribution >= 4 is 11.6 Å². The maximum absolute atomic E-state index is 8.85. The van der Waals surface area contributed by atoms with Crippen molar-refractivity contribution in [3.63, 3.8) is 0 Å². The molecule has 0 saturated heterocycles. The van der Waals surface area contributed by atoms with E-state index in [1.54, 1.807) is 0 Å². The predicted octanol–water partition coefficient (Wildman–Crippen LogP) is 4.19. The van der Waals surface area contributed by atoms with Gasteiger partial charge in [0, 0.05) is 11.6 Å². The van der Waals surface area contributed by atoms with Crippen LogP contribution in [0.3, 0.4) is 0 Å². The molecule has 0 amide bonds. The quantitative estimate of drug-likeness (QED) is 0.711. The van der Waals surface area contributed by atoms with Gasteiger partial charge in [-0.1, -0.05) is 23.7 Å². The molecule has 0 radical (unpaired) electrons. The molecule has 0 atom stereocenters. The summed E-state index contributed by atoms with van der Waals surface area (Å²) in [6.45, 7) is 5.19. The Balaban J connectivity index is 2.17. The molecule has 92 valence electrons. The van der Waals surface area contributed by atoms with Crippen molar-refractivity contribution < 1.29 is 4.74 Å². The average Bonchev–Trinajstić information content (AvgIpc) is 2.31. The second-order valence-electron chi connectivity index (χ2n) is 4.78. The van der Waals surface area contributed by atoms with E-state index >= 15 is 0 Å². The first-order chi connectivity index (χ1) is 8.03. The SMILES string of the molecule is CC(C)(C#N)CCCOCc1ccc(Cl)cc1. The monoisotopic (exact) mass is 251 g/mol. The fourth-order valence-corrected chi connectivity index (χ4v) is 1.57. The van der Waals surface area contributed by atoms with Gasteiger partial charge >= 0.3 is 0 Å². The molecule has 1 aromatic carbocycles. The van der Waals surface area contributed by atoms with Crippen LogP contribution in [0.1, 0.15) is 32.3 Å². The van der Waals surface area contributed by atoms with E-state index in [-0.39, 0.29) is 5.41 Å². The number of hydrogen-bond acceptors (Lipinski definition) is 2.